The summed E-state index contributed by atoms with van der Waals surface area (Å²) in [6, 6.07) is 5.78. The molecule has 3 rings (SSSR count). The summed E-state index contributed by atoms with van der Waals surface area (Å²) in [6.07, 6.45) is -4.45. The van der Waals surface area contributed by atoms with E-state index < -0.39 is 17.8 Å². The second-order valence-electron chi connectivity index (χ2n) is 5.23. The molecule has 23 heavy (non-hydrogen) atoms. The van der Waals surface area contributed by atoms with Gasteiger partial charge in [-0.05, 0) is 25.1 Å². The van der Waals surface area contributed by atoms with Crippen molar-refractivity contribution in [1.82, 2.24) is 14.8 Å². The fourth-order valence-corrected chi connectivity index (χ4v) is 2.67. The molecule has 1 aromatic carbocycles. The van der Waals surface area contributed by atoms with E-state index >= 15 is 0 Å². The number of aromatic nitrogens is 3. The molecular formula is C15H12F3N3O2. The Hall–Kier alpha value is -2.77. The van der Waals surface area contributed by atoms with Gasteiger partial charge in [0.25, 0.3) is 0 Å². The van der Waals surface area contributed by atoms with Gasteiger partial charge < -0.3 is 10.1 Å². The van der Waals surface area contributed by atoms with Crippen LogP contribution in [-0.4, -0.2) is 25.8 Å². The van der Waals surface area contributed by atoms with E-state index in [0.29, 0.717) is 27.7 Å². The number of nitrogens with zero attached hydrogens (tertiary/aromatic N) is 2. The minimum atomic E-state index is -4.45. The van der Waals surface area contributed by atoms with E-state index in [2.05, 4.69) is 10.1 Å². The summed E-state index contributed by atoms with van der Waals surface area (Å²) in [6.45, 7) is 1.62. The van der Waals surface area contributed by atoms with Gasteiger partial charge in [0.05, 0.1) is 5.69 Å². The van der Waals surface area contributed by atoms with Crippen molar-refractivity contribution >= 4 is 16.9 Å². The number of alkyl halides is 3. The molecule has 120 valence electrons. The van der Waals surface area contributed by atoms with Crippen LogP contribution in [0.5, 0.6) is 0 Å². The monoisotopic (exact) mass is 323 g/mol. The summed E-state index contributed by atoms with van der Waals surface area (Å²) in [7, 11) is 1.59. The average Bonchev–Trinajstić information content (AvgIpc) is 2.99. The van der Waals surface area contributed by atoms with Crippen LogP contribution >= 0.6 is 0 Å². The van der Waals surface area contributed by atoms with Gasteiger partial charge in [-0.2, -0.15) is 18.3 Å². The fourth-order valence-electron chi connectivity index (χ4n) is 2.67. The van der Waals surface area contributed by atoms with E-state index in [1.165, 1.54) is 10.7 Å². The molecule has 0 aliphatic rings. The number of aromatic amines is 1. The summed E-state index contributed by atoms with van der Waals surface area (Å²) in [5, 5.41) is 13.4. The maximum Gasteiger partial charge on any atom is 0.431 e. The normalized spacial score (nSPS) is 12.0. The molecule has 2 heterocycles. The van der Waals surface area contributed by atoms with Gasteiger partial charge in [0.2, 0.25) is 0 Å². The Labute approximate surface area is 128 Å². The third-order valence-electron chi connectivity index (χ3n) is 3.69. The van der Waals surface area contributed by atoms with E-state index in [1.54, 1.807) is 26.1 Å². The van der Waals surface area contributed by atoms with Gasteiger partial charge >= 0.3 is 12.1 Å². The number of benzene rings is 1. The van der Waals surface area contributed by atoms with E-state index in [9.17, 15) is 18.0 Å². The zero-order valence-electron chi connectivity index (χ0n) is 12.2. The topological polar surface area (TPSA) is 70.9 Å². The van der Waals surface area contributed by atoms with Crippen LogP contribution in [0, 0.1) is 6.92 Å². The van der Waals surface area contributed by atoms with Crippen molar-refractivity contribution in [3.05, 3.63) is 41.2 Å². The second kappa shape index (κ2) is 4.87. The Morgan fingerprint density at radius 3 is 2.57 bits per heavy atom. The summed E-state index contributed by atoms with van der Waals surface area (Å²) in [5.41, 5.74) is 1.08. The molecule has 0 amide bonds. The number of rotatable bonds is 2. The smallest absolute Gasteiger partial charge is 0.431 e. The lowest BCUT2D eigenvalue weighted by Crippen LogP contribution is -2.04. The Bertz CT molecular complexity index is 922. The number of fused-ring (bicyclic) bond motifs is 1. The number of H-pyrrole nitrogens is 1. The molecule has 0 atom stereocenters. The Morgan fingerprint density at radius 1 is 1.30 bits per heavy atom. The van der Waals surface area contributed by atoms with Gasteiger partial charge in [0.1, 0.15) is 5.69 Å². The standard InChI is InChI=1S/C15H12F3N3O2/c1-7-12(14(22)23)20-21(2)13(7)8-3-4-10-9(5-8)6-11(19-10)15(16,17)18/h3-6,19H,1-2H3,(H,22,23). The van der Waals surface area contributed by atoms with Crippen molar-refractivity contribution in [1.29, 1.82) is 0 Å². The van der Waals surface area contributed by atoms with E-state index in [1.807, 2.05) is 0 Å². The molecule has 0 saturated heterocycles. The van der Waals surface area contributed by atoms with Crippen molar-refractivity contribution in [2.24, 2.45) is 7.05 Å². The molecule has 0 fully saturated rings. The number of carboxylic acid groups (broad SMARTS) is 1. The lowest BCUT2D eigenvalue weighted by molar-refractivity contribution is -0.140. The molecular weight excluding hydrogens is 311 g/mol. The highest BCUT2D eigenvalue weighted by molar-refractivity contribution is 5.91. The van der Waals surface area contributed by atoms with Crippen LogP contribution in [0.15, 0.2) is 24.3 Å². The second-order valence-corrected chi connectivity index (χ2v) is 5.23. The molecule has 0 spiro atoms. The van der Waals surface area contributed by atoms with E-state index in [-0.39, 0.29) is 5.69 Å². The van der Waals surface area contributed by atoms with Gasteiger partial charge in [0, 0.05) is 29.1 Å². The molecule has 5 nitrogen and oxygen atoms in total. The highest BCUT2D eigenvalue weighted by atomic mass is 19.4. The minimum absolute atomic E-state index is 0.0763. The Kier molecular flexibility index (Phi) is 3.20. The van der Waals surface area contributed by atoms with Crippen LogP contribution in [0.3, 0.4) is 0 Å². The van der Waals surface area contributed by atoms with Gasteiger partial charge in [-0.3, -0.25) is 4.68 Å². The van der Waals surface area contributed by atoms with Crippen LogP contribution in [0.2, 0.25) is 0 Å². The highest BCUT2D eigenvalue weighted by Crippen LogP contribution is 2.33. The lowest BCUT2D eigenvalue weighted by Gasteiger charge is -2.04. The number of halogens is 3. The van der Waals surface area contributed by atoms with Crippen molar-refractivity contribution in [3.63, 3.8) is 0 Å². The molecule has 0 unspecified atom stereocenters. The van der Waals surface area contributed by atoms with Crippen LogP contribution in [0.1, 0.15) is 21.7 Å². The van der Waals surface area contributed by atoms with Crippen LogP contribution in [-0.2, 0) is 13.2 Å². The predicted octanol–water partition coefficient (Wildman–Crippen LogP) is 3.59. The molecule has 0 aliphatic heterocycles. The van der Waals surface area contributed by atoms with Crippen molar-refractivity contribution in [2.45, 2.75) is 13.1 Å². The third kappa shape index (κ3) is 2.45. The number of hydrogen-bond acceptors (Lipinski definition) is 2. The number of hydrogen-bond donors (Lipinski definition) is 2. The van der Waals surface area contributed by atoms with Crippen molar-refractivity contribution in [3.8, 4) is 11.3 Å². The molecule has 8 heteroatoms. The molecule has 2 N–H and O–H groups in total. The van der Waals surface area contributed by atoms with Crippen LogP contribution in [0.4, 0.5) is 13.2 Å². The predicted molar refractivity (Wildman–Crippen MR) is 77.2 cm³/mol. The summed E-state index contributed by atoms with van der Waals surface area (Å²) >= 11 is 0. The zero-order valence-corrected chi connectivity index (χ0v) is 12.2. The average molecular weight is 323 g/mol. The Morgan fingerprint density at radius 2 is 2.00 bits per heavy atom. The number of carbonyl (C=O) groups is 1. The minimum Gasteiger partial charge on any atom is -0.476 e. The first-order valence-corrected chi connectivity index (χ1v) is 6.65. The fraction of sp³-hybridized carbons (Fsp3) is 0.200. The number of carboxylic acids is 1. The van der Waals surface area contributed by atoms with Crippen molar-refractivity contribution in [2.75, 3.05) is 0 Å². The number of aromatic carboxylic acids is 1. The summed E-state index contributed by atoms with van der Waals surface area (Å²) in [4.78, 5) is 13.5. The summed E-state index contributed by atoms with van der Waals surface area (Å²) in [5.74, 6) is -1.15. The first-order valence-electron chi connectivity index (χ1n) is 6.65. The van der Waals surface area contributed by atoms with Crippen LogP contribution in [0.25, 0.3) is 22.2 Å². The zero-order chi connectivity index (χ0) is 16.9. The van der Waals surface area contributed by atoms with Gasteiger partial charge in [-0.15, -0.1) is 0 Å². The number of nitrogens with one attached hydrogen (secondary N) is 1. The number of aryl methyl sites for hydroxylation is 1. The third-order valence-corrected chi connectivity index (χ3v) is 3.69. The van der Waals surface area contributed by atoms with E-state index in [4.69, 9.17) is 5.11 Å². The van der Waals surface area contributed by atoms with E-state index in [0.717, 1.165) is 6.07 Å². The van der Waals surface area contributed by atoms with Crippen molar-refractivity contribution < 1.29 is 23.1 Å². The first-order chi connectivity index (χ1) is 10.7. The lowest BCUT2D eigenvalue weighted by atomic mass is 10.0. The molecule has 3 aromatic rings. The Balaban J connectivity index is 2.16. The maximum atomic E-state index is 12.8. The van der Waals surface area contributed by atoms with Crippen LogP contribution < -0.4 is 0 Å². The quantitative estimate of drug-likeness (QED) is 0.757. The largest absolute Gasteiger partial charge is 0.476 e. The highest BCUT2D eigenvalue weighted by Gasteiger charge is 2.32. The molecule has 0 radical (unpaired) electrons. The first kappa shape index (κ1) is 15.1. The van der Waals surface area contributed by atoms with Gasteiger partial charge in [-0.1, -0.05) is 6.07 Å². The SMILES string of the molecule is Cc1c(C(=O)O)nn(C)c1-c1ccc2[nH]c(C(F)(F)F)cc2c1. The molecule has 0 bridgehead atoms. The van der Waals surface area contributed by atoms with Gasteiger partial charge in [-0.25, -0.2) is 4.79 Å². The molecule has 0 aliphatic carbocycles. The molecule has 0 saturated carbocycles. The van der Waals surface area contributed by atoms with Gasteiger partial charge in [0.15, 0.2) is 5.69 Å². The molecule has 2 aromatic heterocycles. The maximum absolute atomic E-state index is 12.8. The summed E-state index contributed by atoms with van der Waals surface area (Å²) < 4.78 is 39.7.